The zero-order chi connectivity index (χ0) is 24.3. The van der Waals surface area contributed by atoms with Gasteiger partial charge in [0.1, 0.15) is 5.78 Å². The second-order valence-corrected chi connectivity index (χ2v) is 9.89. The number of rotatable bonds is 9. The predicted octanol–water partition coefficient (Wildman–Crippen LogP) is 0.856. The minimum Gasteiger partial charge on any atom is -0.355 e. The van der Waals surface area contributed by atoms with Crippen LogP contribution >= 0.6 is 0 Å². The first-order valence-corrected chi connectivity index (χ1v) is 12.5. The van der Waals surface area contributed by atoms with Crippen LogP contribution in [-0.4, -0.2) is 121 Å². The second-order valence-electron chi connectivity index (χ2n) is 9.89. The van der Waals surface area contributed by atoms with Crippen LogP contribution in [0.4, 0.5) is 0 Å². The van der Waals surface area contributed by atoms with Gasteiger partial charge in [0.15, 0.2) is 0 Å². The Morgan fingerprint density at radius 2 is 1.06 bits per heavy atom. The van der Waals surface area contributed by atoms with Crippen molar-refractivity contribution in [1.82, 2.24) is 24.9 Å². The van der Waals surface area contributed by atoms with Crippen LogP contribution in [0.1, 0.15) is 54.9 Å². The number of nitrogens with one attached hydrogen (secondary N) is 1. The molecule has 1 saturated heterocycles. The normalized spacial score (nSPS) is 20.3. The van der Waals surface area contributed by atoms with E-state index in [0.717, 1.165) is 52.4 Å². The van der Waals surface area contributed by atoms with Gasteiger partial charge in [-0.3, -0.25) is 29.2 Å². The van der Waals surface area contributed by atoms with Gasteiger partial charge in [0.05, 0.1) is 6.04 Å². The maximum absolute atomic E-state index is 12.6. The van der Waals surface area contributed by atoms with Crippen LogP contribution in [0.5, 0.6) is 0 Å². The average Bonchev–Trinajstić information content (AvgIpc) is 2.70. The van der Waals surface area contributed by atoms with Crippen LogP contribution in [-0.2, 0) is 9.59 Å². The Morgan fingerprint density at radius 3 is 1.34 bits per heavy atom. The summed E-state index contributed by atoms with van der Waals surface area (Å²) >= 11 is 0. The highest BCUT2D eigenvalue weighted by molar-refractivity contribution is 5.88. The van der Waals surface area contributed by atoms with Crippen LogP contribution in [0.25, 0.3) is 0 Å². The first-order chi connectivity index (χ1) is 15.1. The summed E-state index contributed by atoms with van der Waals surface area (Å²) in [6.45, 7) is 23.4. The molecule has 8 heteroatoms. The van der Waals surface area contributed by atoms with Crippen molar-refractivity contribution >= 4 is 11.7 Å². The number of Topliss-reactive ketones (excluding diaryl/α,β-unsaturated/α-hetero) is 1. The molecule has 188 valence electrons. The Balaban J connectivity index is 3.06. The standard InChI is InChI=1S/C24H50N6O2/c1-19(2)27-10-12-28(20(3)4)14-16-30(17-15-29(13-11-27)21(5)6)23(22(7)31)18-24(32)26-9-8-25/h19-21,23H,8-18,25H2,1-7H3,(H,26,32). The maximum atomic E-state index is 12.6. The van der Waals surface area contributed by atoms with E-state index in [4.69, 9.17) is 5.73 Å². The molecule has 1 rings (SSSR count). The summed E-state index contributed by atoms with van der Waals surface area (Å²) in [5.74, 6) is -0.0473. The largest absolute Gasteiger partial charge is 0.355 e. The molecule has 1 heterocycles. The van der Waals surface area contributed by atoms with Crippen molar-refractivity contribution in [3.63, 3.8) is 0 Å². The number of hydrogen-bond donors (Lipinski definition) is 2. The van der Waals surface area contributed by atoms with Gasteiger partial charge >= 0.3 is 0 Å². The Hall–Kier alpha value is -1.06. The van der Waals surface area contributed by atoms with Crippen molar-refractivity contribution in [3.8, 4) is 0 Å². The highest BCUT2D eigenvalue weighted by atomic mass is 16.2. The van der Waals surface area contributed by atoms with E-state index in [-0.39, 0.29) is 18.1 Å². The molecule has 0 radical (unpaired) electrons. The van der Waals surface area contributed by atoms with Gasteiger partial charge in [-0.2, -0.15) is 0 Å². The van der Waals surface area contributed by atoms with E-state index < -0.39 is 6.04 Å². The quantitative estimate of drug-likeness (QED) is 0.534. The minimum atomic E-state index is -0.397. The Morgan fingerprint density at radius 1 is 0.719 bits per heavy atom. The lowest BCUT2D eigenvalue weighted by atomic mass is 10.1. The predicted molar refractivity (Wildman–Crippen MR) is 133 cm³/mol. The summed E-state index contributed by atoms with van der Waals surface area (Å²) in [7, 11) is 0. The summed E-state index contributed by atoms with van der Waals surface area (Å²) in [5.41, 5.74) is 5.52. The molecule has 32 heavy (non-hydrogen) atoms. The number of ketones is 1. The van der Waals surface area contributed by atoms with Crippen molar-refractivity contribution in [3.05, 3.63) is 0 Å². The molecule has 0 spiro atoms. The highest BCUT2D eigenvalue weighted by Crippen LogP contribution is 2.12. The van der Waals surface area contributed by atoms with Crippen molar-refractivity contribution in [1.29, 1.82) is 0 Å². The highest BCUT2D eigenvalue weighted by Gasteiger charge is 2.28. The Bertz CT molecular complexity index is 531. The van der Waals surface area contributed by atoms with Gasteiger partial charge in [0.2, 0.25) is 5.91 Å². The molecular weight excluding hydrogens is 404 g/mol. The molecule has 1 aliphatic rings. The van der Waals surface area contributed by atoms with E-state index in [2.05, 4.69) is 66.5 Å². The second kappa shape index (κ2) is 15.0. The number of carbonyl (C=O) groups excluding carboxylic acids is 2. The van der Waals surface area contributed by atoms with Crippen LogP contribution in [0.3, 0.4) is 0 Å². The van der Waals surface area contributed by atoms with Crippen LogP contribution in [0, 0.1) is 0 Å². The first-order valence-electron chi connectivity index (χ1n) is 12.5. The van der Waals surface area contributed by atoms with Gasteiger partial charge < -0.3 is 11.1 Å². The van der Waals surface area contributed by atoms with Crippen molar-refractivity contribution < 1.29 is 9.59 Å². The van der Waals surface area contributed by atoms with E-state index >= 15 is 0 Å². The number of amides is 1. The average molecular weight is 455 g/mol. The lowest BCUT2D eigenvalue weighted by molar-refractivity contribution is -0.129. The van der Waals surface area contributed by atoms with Crippen LogP contribution < -0.4 is 11.1 Å². The zero-order valence-electron chi connectivity index (χ0n) is 21.8. The van der Waals surface area contributed by atoms with Gasteiger partial charge in [-0.15, -0.1) is 0 Å². The van der Waals surface area contributed by atoms with E-state index in [9.17, 15) is 9.59 Å². The molecule has 1 atom stereocenters. The summed E-state index contributed by atoms with van der Waals surface area (Å²) < 4.78 is 0. The molecule has 0 aromatic rings. The van der Waals surface area contributed by atoms with Gasteiger partial charge in [-0.05, 0) is 48.5 Å². The van der Waals surface area contributed by atoms with E-state index in [1.165, 1.54) is 0 Å². The van der Waals surface area contributed by atoms with Gasteiger partial charge in [-0.25, -0.2) is 0 Å². The summed E-state index contributed by atoms with van der Waals surface area (Å²) in [4.78, 5) is 34.8. The third-order valence-corrected chi connectivity index (χ3v) is 6.64. The molecule has 0 aliphatic carbocycles. The van der Waals surface area contributed by atoms with Crippen molar-refractivity contribution in [2.45, 2.75) is 79.1 Å². The molecule has 0 bridgehead atoms. The minimum absolute atomic E-state index is 0.0539. The molecule has 1 unspecified atom stereocenters. The first kappa shape index (κ1) is 29.0. The molecule has 1 aliphatic heterocycles. The number of hydrogen-bond acceptors (Lipinski definition) is 7. The van der Waals surface area contributed by atoms with Crippen molar-refractivity contribution in [2.75, 3.05) is 65.4 Å². The fourth-order valence-corrected chi connectivity index (χ4v) is 4.32. The maximum Gasteiger partial charge on any atom is 0.222 e. The van der Waals surface area contributed by atoms with Gasteiger partial charge in [0, 0.05) is 90.0 Å². The third-order valence-electron chi connectivity index (χ3n) is 6.64. The smallest absolute Gasteiger partial charge is 0.222 e. The Labute approximate surface area is 196 Å². The molecule has 0 aromatic carbocycles. The third kappa shape index (κ3) is 10.3. The van der Waals surface area contributed by atoms with Crippen LogP contribution in [0.2, 0.25) is 0 Å². The summed E-state index contributed by atoms with van der Waals surface area (Å²) in [6, 6.07) is 0.992. The fraction of sp³-hybridized carbons (Fsp3) is 0.917. The summed E-state index contributed by atoms with van der Waals surface area (Å²) in [5, 5.41) is 2.83. The fourth-order valence-electron chi connectivity index (χ4n) is 4.32. The summed E-state index contributed by atoms with van der Waals surface area (Å²) in [6.07, 6.45) is 0.194. The van der Waals surface area contributed by atoms with E-state index in [1.54, 1.807) is 6.92 Å². The monoisotopic (exact) mass is 454 g/mol. The molecule has 1 fully saturated rings. The van der Waals surface area contributed by atoms with Gasteiger partial charge in [-0.1, -0.05) is 0 Å². The number of nitrogens with zero attached hydrogens (tertiary/aromatic N) is 4. The van der Waals surface area contributed by atoms with Gasteiger partial charge in [0.25, 0.3) is 0 Å². The molecule has 3 N–H and O–H groups in total. The van der Waals surface area contributed by atoms with Crippen molar-refractivity contribution in [2.24, 2.45) is 5.73 Å². The van der Waals surface area contributed by atoms with E-state index in [0.29, 0.717) is 31.2 Å². The number of nitrogens with two attached hydrogens (primary N) is 1. The van der Waals surface area contributed by atoms with E-state index in [1.807, 2.05) is 0 Å². The molecule has 8 nitrogen and oxygen atoms in total. The Kier molecular flexibility index (Phi) is 13.5. The molecule has 0 saturated carbocycles. The SMILES string of the molecule is CC(=O)C(CC(=O)NCCN)N1CCN(C(C)C)CCN(C(C)C)CCN(C(C)C)CC1. The van der Waals surface area contributed by atoms with Crippen LogP contribution in [0.15, 0.2) is 0 Å². The molecular formula is C24H50N6O2. The molecule has 1 amide bonds. The topological polar surface area (TPSA) is 85.1 Å². The molecule has 0 aromatic heterocycles. The zero-order valence-corrected chi connectivity index (χ0v) is 21.8. The lowest BCUT2D eigenvalue weighted by Crippen LogP contribution is -2.53. The number of carbonyl (C=O) groups is 2. The lowest BCUT2D eigenvalue weighted by Gasteiger charge is -2.39.